The van der Waals surface area contributed by atoms with Crippen molar-refractivity contribution in [3.63, 3.8) is 0 Å². The Morgan fingerprint density at radius 2 is 2.08 bits per heavy atom. The molecule has 0 radical (unpaired) electrons. The Bertz CT molecular complexity index is 655. The summed E-state index contributed by atoms with van der Waals surface area (Å²) in [5.74, 6) is -0.675. The first-order chi connectivity index (χ1) is 11.0. The van der Waals surface area contributed by atoms with Crippen LogP contribution in [0.2, 0.25) is 0 Å². The minimum absolute atomic E-state index is 0.0616. The van der Waals surface area contributed by atoms with E-state index in [-0.39, 0.29) is 22.2 Å². The van der Waals surface area contributed by atoms with Crippen LogP contribution in [0.3, 0.4) is 0 Å². The average Bonchev–Trinajstić information content (AvgIpc) is 2.82. The van der Waals surface area contributed by atoms with Gasteiger partial charge >= 0.3 is 6.18 Å². The van der Waals surface area contributed by atoms with Gasteiger partial charge in [0.25, 0.3) is 11.6 Å². The molecule has 0 saturated heterocycles. The van der Waals surface area contributed by atoms with Crippen LogP contribution in [0.5, 0.6) is 0 Å². The maximum absolute atomic E-state index is 13.4. The molecule has 1 aliphatic rings. The number of rotatable bonds is 4. The molecule has 2 rings (SSSR count). The van der Waals surface area contributed by atoms with Gasteiger partial charge in [-0.15, -0.1) is 0 Å². The monoisotopic (exact) mass is 342 g/mol. The van der Waals surface area contributed by atoms with Gasteiger partial charge in [-0.25, -0.2) is 0 Å². The molecular weight excluding hydrogens is 321 g/mol. The number of halogens is 3. The number of benzene rings is 1. The highest BCUT2D eigenvalue weighted by atomic mass is 19.4. The number of hydrogen-bond donors (Lipinski definition) is 1. The van der Waals surface area contributed by atoms with Gasteiger partial charge in [-0.1, -0.05) is 31.5 Å². The Balaban J connectivity index is 2.35. The van der Waals surface area contributed by atoms with Crippen LogP contribution < -0.4 is 0 Å². The molecule has 0 saturated carbocycles. The molecule has 0 fully saturated rings. The Labute approximate surface area is 139 Å². The van der Waals surface area contributed by atoms with Crippen LogP contribution in [0, 0.1) is 12.8 Å². The van der Waals surface area contributed by atoms with Crippen LogP contribution in [0.4, 0.5) is 13.2 Å². The Morgan fingerprint density at radius 1 is 1.42 bits per heavy atom. The predicted octanol–water partition coefficient (Wildman–Crippen LogP) is 3.88. The molecule has 24 heavy (non-hydrogen) atoms. The summed E-state index contributed by atoms with van der Waals surface area (Å²) < 4.78 is 40.2. The molecule has 132 valence electrons. The van der Waals surface area contributed by atoms with Gasteiger partial charge in [0.05, 0.1) is 0 Å². The van der Waals surface area contributed by atoms with Gasteiger partial charge in [0.15, 0.2) is 0 Å². The predicted molar refractivity (Wildman–Crippen MR) is 84.5 cm³/mol. The van der Waals surface area contributed by atoms with E-state index < -0.39 is 24.2 Å². The molecule has 7 heteroatoms. The fraction of sp³-hybridized carbons (Fsp3) is 0.529. The third kappa shape index (κ3) is 3.61. The van der Waals surface area contributed by atoms with E-state index in [0.717, 1.165) is 5.56 Å². The lowest BCUT2D eigenvalue weighted by atomic mass is 9.99. The Morgan fingerprint density at radius 3 is 2.62 bits per heavy atom. The zero-order chi connectivity index (χ0) is 18.1. The number of aryl methyl sites for hydroxylation is 1. The van der Waals surface area contributed by atoms with E-state index in [9.17, 15) is 23.1 Å². The largest absolute Gasteiger partial charge is 0.438 e. The number of hydrogen-bond acceptors (Lipinski definition) is 3. The van der Waals surface area contributed by atoms with Gasteiger partial charge in [0.2, 0.25) is 0 Å². The number of hydrazone groups is 1. The topological polar surface area (TPSA) is 52.9 Å². The first kappa shape index (κ1) is 18.4. The van der Waals surface area contributed by atoms with Crippen molar-refractivity contribution in [1.29, 1.82) is 0 Å². The SMILES string of the molecule is Cc1cccc(C(=O)N2N=C(CCC(C)C)C[C@]2(O)C(F)(F)F)c1. The summed E-state index contributed by atoms with van der Waals surface area (Å²) in [6.45, 7) is 5.62. The van der Waals surface area contributed by atoms with Gasteiger partial charge in [-0.2, -0.15) is 23.3 Å². The highest BCUT2D eigenvalue weighted by Crippen LogP contribution is 2.41. The van der Waals surface area contributed by atoms with E-state index >= 15 is 0 Å². The van der Waals surface area contributed by atoms with Gasteiger partial charge in [-0.3, -0.25) is 4.79 Å². The van der Waals surface area contributed by atoms with Crippen LogP contribution in [0.25, 0.3) is 0 Å². The van der Waals surface area contributed by atoms with E-state index in [1.807, 2.05) is 13.8 Å². The summed E-state index contributed by atoms with van der Waals surface area (Å²) in [5, 5.41) is 14.2. The standard InChI is InChI=1S/C17H21F3N2O2/c1-11(2)7-8-14-10-16(24,17(18,19)20)22(21-14)15(23)13-6-4-5-12(3)9-13/h4-6,9,11,24H,7-8,10H2,1-3H3/t16-/m0/s1. The highest BCUT2D eigenvalue weighted by molar-refractivity contribution is 5.98. The highest BCUT2D eigenvalue weighted by Gasteiger charge is 2.63. The lowest BCUT2D eigenvalue weighted by Gasteiger charge is -2.32. The van der Waals surface area contributed by atoms with E-state index in [1.165, 1.54) is 12.1 Å². The number of carbonyl (C=O) groups is 1. The van der Waals surface area contributed by atoms with Crippen LogP contribution >= 0.6 is 0 Å². The first-order valence-electron chi connectivity index (χ1n) is 7.81. The zero-order valence-electron chi connectivity index (χ0n) is 13.9. The molecule has 1 aliphatic heterocycles. The molecule has 0 spiro atoms. The minimum atomic E-state index is -4.99. The number of aliphatic hydroxyl groups is 1. The van der Waals surface area contributed by atoms with Crippen LogP contribution in [-0.2, 0) is 0 Å². The lowest BCUT2D eigenvalue weighted by molar-refractivity contribution is -0.297. The fourth-order valence-electron chi connectivity index (χ4n) is 2.55. The lowest BCUT2D eigenvalue weighted by Crippen LogP contribution is -2.56. The van der Waals surface area contributed by atoms with Gasteiger partial charge in [-0.05, 0) is 37.8 Å². The smallest absolute Gasteiger partial charge is 0.362 e. The van der Waals surface area contributed by atoms with Crippen molar-refractivity contribution in [2.24, 2.45) is 11.0 Å². The molecule has 1 N–H and O–H groups in total. The van der Waals surface area contributed by atoms with Crippen LogP contribution in [-0.4, -0.2) is 33.6 Å². The molecule has 4 nitrogen and oxygen atoms in total. The second-order valence-electron chi connectivity index (χ2n) is 6.58. The summed E-state index contributed by atoms with van der Waals surface area (Å²) in [6, 6.07) is 6.19. The van der Waals surface area contributed by atoms with Crippen LogP contribution in [0.15, 0.2) is 29.4 Å². The molecule has 1 heterocycles. The zero-order valence-corrected chi connectivity index (χ0v) is 13.9. The van der Waals surface area contributed by atoms with E-state index in [2.05, 4.69) is 5.10 Å². The van der Waals surface area contributed by atoms with Crippen molar-refractivity contribution in [3.8, 4) is 0 Å². The quantitative estimate of drug-likeness (QED) is 0.903. The summed E-state index contributed by atoms with van der Waals surface area (Å²) in [4.78, 5) is 12.5. The van der Waals surface area contributed by atoms with Crippen molar-refractivity contribution in [3.05, 3.63) is 35.4 Å². The summed E-state index contributed by atoms with van der Waals surface area (Å²) in [5.41, 5.74) is -2.31. The van der Waals surface area contributed by atoms with Gasteiger partial charge in [0, 0.05) is 17.7 Å². The van der Waals surface area contributed by atoms with Crippen molar-refractivity contribution in [1.82, 2.24) is 5.01 Å². The van der Waals surface area contributed by atoms with Crippen molar-refractivity contribution >= 4 is 11.6 Å². The van der Waals surface area contributed by atoms with E-state index in [0.29, 0.717) is 12.8 Å². The van der Waals surface area contributed by atoms with Crippen molar-refractivity contribution in [2.45, 2.75) is 51.9 Å². The number of alkyl halides is 3. The Hall–Kier alpha value is -1.89. The third-order valence-corrected chi connectivity index (χ3v) is 3.96. The van der Waals surface area contributed by atoms with Gasteiger partial charge < -0.3 is 5.11 Å². The number of nitrogens with zero attached hydrogens (tertiary/aromatic N) is 2. The fourth-order valence-corrected chi connectivity index (χ4v) is 2.55. The number of amides is 1. The van der Waals surface area contributed by atoms with E-state index in [4.69, 9.17) is 0 Å². The van der Waals surface area contributed by atoms with Gasteiger partial charge in [0.1, 0.15) is 0 Å². The maximum Gasteiger partial charge on any atom is 0.438 e. The summed E-state index contributed by atoms with van der Waals surface area (Å²) >= 11 is 0. The molecule has 0 aliphatic carbocycles. The summed E-state index contributed by atoms with van der Waals surface area (Å²) in [6.07, 6.45) is -4.75. The molecule has 1 atom stereocenters. The van der Waals surface area contributed by atoms with Crippen LogP contribution in [0.1, 0.15) is 49.0 Å². The first-order valence-corrected chi connectivity index (χ1v) is 7.81. The summed E-state index contributed by atoms with van der Waals surface area (Å²) in [7, 11) is 0. The second kappa shape index (κ2) is 6.55. The normalized spacial score (nSPS) is 21.3. The third-order valence-electron chi connectivity index (χ3n) is 3.96. The Kier molecular flexibility index (Phi) is 5.03. The number of carbonyl (C=O) groups excluding carboxylic acids is 1. The molecule has 1 amide bonds. The average molecular weight is 342 g/mol. The molecule has 0 aromatic heterocycles. The molecule has 0 unspecified atom stereocenters. The molecule has 1 aromatic rings. The maximum atomic E-state index is 13.4. The molecule has 1 aromatic carbocycles. The molecule has 0 bridgehead atoms. The van der Waals surface area contributed by atoms with Crippen molar-refractivity contribution in [2.75, 3.05) is 0 Å². The molecular formula is C17H21F3N2O2. The van der Waals surface area contributed by atoms with Crippen molar-refractivity contribution < 1.29 is 23.1 Å². The second-order valence-corrected chi connectivity index (χ2v) is 6.58. The van der Waals surface area contributed by atoms with E-state index in [1.54, 1.807) is 19.1 Å². The minimum Gasteiger partial charge on any atom is -0.362 e.